The number of para-hydroxylation sites is 1. The van der Waals surface area contributed by atoms with Crippen LogP contribution in [0, 0.1) is 6.92 Å². The fourth-order valence-corrected chi connectivity index (χ4v) is 2.64. The lowest BCUT2D eigenvalue weighted by Crippen LogP contribution is -2.33. The van der Waals surface area contributed by atoms with Crippen molar-refractivity contribution in [1.29, 1.82) is 0 Å². The van der Waals surface area contributed by atoms with Gasteiger partial charge in [-0.05, 0) is 43.7 Å². The van der Waals surface area contributed by atoms with Crippen molar-refractivity contribution in [3.8, 4) is 0 Å². The number of hydrogen-bond donors (Lipinski definition) is 1. The minimum atomic E-state index is -0.220. The van der Waals surface area contributed by atoms with E-state index in [1.807, 2.05) is 56.3 Å². The van der Waals surface area contributed by atoms with Gasteiger partial charge in [-0.3, -0.25) is 0 Å². The molecule has 1 aromatic heterocycles. The molecule has 124 valence electrons. The van der Waals surface area contributed by atoms with E-state index >= 15 is 0 Å². The third kappa shape index (κ3) is 3.24. The lowest BCUT2D eigenvalue weighted by Gasteiger charge is -2.23. The van der Waals surface area contributed by atoms with Gasteiger partial charge in [-0.1, -0.05) is 35.9 Å². The molecule has 0 saturated heterocycles. The number of benzene rings is 2. The average Bonchev–Trinajstić information content (AvgIpc) is 3.01. The predicted molar refractivity (Wildman–Crippen MR) is 97.6 cm³/mol. The summed E-state index contributed by atoms with van der Waals surface area (Å²) >= 11 is 6.10. The van der Waals surface area contributed by atoms with Crippen LogP contribution in [0.3, 0.4) is 0 Å². The van der Waals surface area contributed by atoms with Crippen molar-refractivity contribution in [2.24, 2.45) is 0 Å². The van der Waals surface area contributed by atoms with Crippen LogP contribution in [0.1, 0.15) is 24.3 Å². The van der Waals surface area contributed by atoms with Crippen LogP contribution in [0.15, 0.2) is 52.9 Å². The van der Waals surface area contributed by atoms with E-state index in [9.17, 15) is 4.79 Å². The number of amides is 2. The van der Waals surface area contributed by atoms with Gasteiger partial charge in [0.05, 0.1) is 6.04 Å². The molecule has 0 spiro atoms. The van der Waals surface area contributed by atoms with E-state index in [0.717, 1.165) is 22.3 Å². The Labute approximate surface area is 146 Å². The molecule has 3 rings (SSSR count). The van der Waals surface area contributed by atoms with E-state index in [2.05, 4.69) is 5.32 Å². The second-order valence-electron chi connectivity index (χ2n) is 5.87. The number of aryl methyl sites for hydroxylation is 1. The van der Waals surface area contributed by atoms with Gasteiger partial charge in [-0.25, -0.2) is 4.79 Å². The first kappa shape index (κ1) is 16.4. The number of urea groups is 1. The molecule has 4 nitrogen and oxygen atoms in total. The molecule has 24 heavy (non-hydrogen) atoms. The minimum Gasteiger partial charge on any atom is -0.459 e. The molecule has 0 bridgehead atoms. The first-order chi connectivity index (χ1) is 11.5. The van der Waals surface area contributed by atoms with Crippen molar-refractivity contribution in [2.75, 3.05) is 12.4 Å². The highest BCUT2D eigenvalue weighted by atomic mass is 35.5. The molecule has 5 heteroatoms. The zero-order valence-electron chi connectivity index (χ0n) is 13.8. The Hall–Kier alpha value is -2.46. The number of rotatable bonds is 3. The second kappa shape index (κ2) is 6.57. The van der Waals surface area contributed by atoms with E-state index in [-0.39, 0.29) is 12.1 Å². The molecule has 0 fully saturated rings. The zero-order valence-corrected chi connectivity index (χ0v) is 14.6. The third-order valence-corrected chi connectivity index (χ3v) is 4.59. The largest absolute Gasteiger partial charge is 0.459 e. The van der Waals surface area contributed by atoms with Crippen LogP contribution in [-0.4, -0.2) is 18.0 Å². The Morgan fingerprint density at radius 2 is 1.96 bits per heavy atom. The van der Waals surface area contributed by atoms with E-state index in [1.54, 1.807) is 18.0 Å². The van der Waals surface area contributed by atoms with Crippen LogP contribution in [-0.2, 0) is 0 Å². The summed E-state index contributed by atoms with van der Waals surface area (Å²) in [6.07, 6.45) is 0. The Morgan fingerprint density at radius 3 is 2.67 bits per heavy atom. The number of nitrogens with one attached hydrogen (secondary N) is 1. The number of halogens is 1. The molecule has 0 aliphatic carbocycles. The van der Waals surface area contributed by atoms with Gasteiger partial charge in [0.2, 0.25) is 0 Å². The van der Waals surface area contributed by atoms with Crippen molar-refractivity contribution >= 4 is 34.3 Å². The van der Waals surface area contributed by atoms with Gasteiger partial charge in [0.25, 0.3) is 0 Å². The third-order valence-electron chi connectivity index (χ3n) is 4.18. The molecular weight excluding hydrogens is 324 g/mol. The monoisotopic (exact) mass is 342 g/mol. The number of fused-ring (bicyclic) bond motifs is 1. The Kier molecular flexibility index (Phi) is 4.49. The highest BCUT2D eigenvalue weighted by molar-refractivity contribution is 6.31. The van der Waals surface area contributed by atoms with Gasteiger partial charge < -0.3 is 14.6 Å². The second-order valence-corrected chi connectivity index (χ2v) is 6.27. The van der Waals surface area contributed by atoms with Crippen molar-refractivity contribution in [2.45, 2.75) is 19.9 Å². The highest BCUT2D eigenvalue weighted by Crippen LogP contribution is 2.27. The molecule has 2 aromatic carbocycles. The van der Waals surface area contributed by atoms with Crippen LogP contribution < -0.4 is 5.32 Å². The maximum Gasteiger partial charge on any atom is 0.322 e. The molecule has 3 aromatic rings. The lowest BCUT2D eigenvalue weighted by molar-refractivity contribution is 0.201. The number of carbonyl (C=O) groups excluding carboxylic acids is 1. The molecule has 0 aliphatic rings. The topological polar surface area (TPSA) is 45.5 Å². The predicted octanol–water partition coefficient (Wildman–Crippen LogP) is 5.62. The smallest absolute Gasteiger partial charge is 0.322 e. The van der Waals surface area contributed by atoms with Crippen LogP contribution in [0.25, 0.3) is 11.0 Å². The summed E-state index contributed by atoms with van der Waals surface area (Å²) in [5.41, 5.74) is 2.45. The fourth-order valence-electron chi connectivity index (χ4n) is 2.46. The first-order valence-electron chi connectivity index (χ1n) is 7.74. The molecule has 1 heterocycles. The van der Waals surface area contributed by atoms with Crippen molar-refractivity contribution in [3.05, 3.63) is 64.9 Å². The minimum absolute atomic E-state index is 0.196. The Bertz CT molecular complexity index is 855. The summed E-state index contributed by atoms with van der Waals surface area (Å²) < 4.78 is 5.84. The summed E-state index contributed by atoms with van der Waals surface area (Å²) in [5.74, 6) is 0.746. The molecule has 1 atom stereocenters. The molecule has 1 N–H and O–H groups in total. The summed E-state index contributed by atoms with van der Waals surface area (Å²) in [4.78, 5) is 14.1. The van der Waals surface area contributed by atoms with Crippen LogP contribution >= 0.6 is 11.6 Å². The molecule has 0 radical (unpaired) electrons. The standard InChI is InChI=1S/C19H19ClN2O2/c1-12-8-9-15(11-16(12)20)21-19(23)22(3)13(2)18-10-14-6-4-5-7-17(14)24-18/h4-11,13H,1-3H3,(H,21,23). The van der Waals surface area contributed by atoms with Crippen LogP contribution in [0.2, 0.25) is 5.02 Å². The summed E-state index contributed by atoms with van der Waals surface area (Å²) in [5, 5.41) is 4.51. The van der Waals surface area contributed by atoms with Gasteiger partial charge in [0, 0.05) is 23.1 Å². The molecule has 0 saturated carbocycles. The van der Waals surface area contributed by atoms with E-state index < -0.39 is 0 Å². The average molecular weight is 343 g/mol. The molecule has 0 aliphatic heterocycles. The number of nitrogens with zero attached hydrogens (tertiary/aromatic N) is 1. The van der Waals surface area contributed by atoms with Crippen LogP contribution in [0.4, 0.5) is 10.5 Å². The van der Waals surface area contributed by atoms with Crippen molar-refractivity contribution in [3.63, 3.8) is 0 Å². The number of furan rings is 1. The lowest BCUT2D eigenvalue weighted by atomic mass is 10.2. The maximum atomic E-state index is 12.5. The van der Waals surface area contributed by atoms with Crippen molar-refractivity contribution in [1.82, 2.24) is 4.90 Å². The summed E-state index contributed by atoms with van der Waals surface area (Å²) in [7, 11) is 1.74. The van der Waals surface area contributed by atoms with Gasteiger partial charge in [0.1, 0.15) is 11.3 Å². The maximum absolute atomic E-state index is 12.5. The Morgan fingerprint density at radius 1 is 1.21 bits per heavy atom. The van der Waals surface area contributed by atoms with Gasteiger partial charge in [0.15, 0.2) is 0 Å². The molecular formula is C19H19ClN2O2. The van der Waals surface area contributed by atoms with Crippen molar-refractivity contribution < 1.29 is 9.21 Å². The number of anilines is 1. The first-order valence-corrected chi connectivity index (χ1v) is 8.12. The van der Waals surface area contributed by atoms with Gasteiger partial charge >= 0.3 is 6.03 Å². The van der Waals surface area contributed by atoms with Gasteiger partial charge in [-0.15, -0.1) is 0 Å². The normalized spacial score (nSPS) is 12.2. The summed E-state index contributed by atoms with van der Waals surface area (Å²) in [6.45, 7) is 3.85. The molecule has 1 unspecified atom stereocenters. The number of carbonyl (C=O) groups is 1. The highest BCUT2D eigenvalue weighted by Gasteiger charge is 2.21. The van der Waals surface area contributed by atoms with Gasteiger partial charge in [-0.2, -0.15) is 0 Å². The van der Waals surface area contributed by atoms with E-state index in [0.29, 0.717) is 10.7 Å². The SMILES string of the molecule is Cc1ccc(NC(=O)N(C)C(C)c2cc3ccccc3o2)cc1Cl. The Balaban J connectivity index is 1.75. The quantitative estimate of drug-likeness (QED) is 0.671. The fraction of sp³-hybridized carbons (Fsp3) is 0.211. The van der Waals surface area contributed by atoms with E-state index in [4.69, 9.17) is 16.0 Å². The van der Waals surface area contributed by atoms with Crippen LogP contribution in [0.5, 0.6) is 0 Å². The number of hydrogen-bond acceptors (Lipinski definition) is 2. The molecule has 2 amide bonds. The summed E-state index contributed by atoms with van der Waals surface area (Å²) in [6, 6.07) is 14.8. The zero-order chi connectivity index (χ0) is 17.3. The van der Waals surface area contributed by atoms with E-state index in [1.165, 1.54) is 0 Å².